The Morgan fingerprint density at radius 1 is 1.19 bits per heavy atom. The summed E-state index contributed by atoms with van der Waals surface area (Å²) in [6.45, 7) is 8.67. The summed E-state index contributed by atoms with van der Waals surface area (Å²) in [5.41, 5.74) is 1.32. The summed E-state index contributed by atoms with van der Waals surface area (Å²) in [5, 5.41) is 8.26. The minimum absolute atomic E-state index is 0.0292. The summed E-state index contributed by atoms with van der Waals surface area (Å²) < 4.78 is 6.91. The third-order valence-electron chi connectivity index (χ3n) is 5.06. The standard InChI is InChI=1S/C22H28Cl2N4O3/c1-14-18(19(24)28(26-14)13-15-7-5-6-8-17(15)23)20(29)27-11-9-16(10-12-27)25-21(30)31-22(2,3)4/h5-8,16H,9-13H2,1-4H3,(H,25,30). The fourth-order valence-electron chi connectivity index (χ4n) is 3.55. The van der Waals surface area contributed by atoms with Crippen LogP contribution in [0.5, 0.6) is 0 Å². The number of aryl methyl sites for hydroxylation is 1. The number of alkyl carbamates (subject to hydrolysis) is 1. The smallest absolute Gasteiger partial charge is 0.407 e. The van der Waals surface area contributed by atoms with Gasteiger partial charge in [-0.1, -0.05) is 41.4 Å². The van der Waals surface area contributed by atoms with Crippen molar-refractivity contribution in [3.05, 3.63) is 51.3 Å². The fourth-order valence-corrected chi connectivity index (χ4v) is 4.06. The van der Waals surface area contributed by atoms with Gasteiger partial charge < -0.3 is 15.0 Å². The van der Waals surface area contributed by atoms with Crippen LogP contribution in [0.1, 0.15) is 55.2 Å². The molecule has 9 heteroatoms. The van der Waals surface area contributed by atoms with Crippen molar-refractivity contribution in [1.29, 1.82) is 0 Å². The van der Waals surface area contributed by atoms with Crippen LogP contribution in [0.2, 0.25) is 10.2 Å². The molecule has 0 radical (unpaired) electrons. The Bertz CT molecular complexity index is 960. The molecule has 0 aliphatic carbocycles. The number of carbonyl (C=O) groups is 2. The van der Waals surface area contributed by atoms with Gasteiger partial charge in [-0.2, -0.15) is 5.10 Å². The Morgan fingerprint density at radius 2 is 1.84 bits per heavy atom. The molecule has 0 bridgehead atoms. The van der Waals surface area contributed by atoms with Crippen molar-refractivity contribution in [3.8, 4) is 0 Å². The molecule has 0 spiro atoms. The van der Waals surface area contributed by atoms with E-state index in [-0.39, 0.29) is 11.9 Å². The average Bonchev–Trinajstić information content (AvgIpc) is 2.95. The number of ether oxygens (including phenoxy) is 1. The first-order valence-corrected chi connectivity index (χ1v) is 11.1. The molecule has 31 heavy (non-hydrogen) atoms. The summed E-state index contributed by atoms with van der Waals surface area (Å²) in [5.74, 6) is -0.149. The Balaban J connectivity index is 1.63. The zero-order valence-corrected chi connectivity index (χ0v) is 19.8. The van der Waals surface area contributed by atoms with Crippen LogP contribution in [0.15, 0.2) is 24.3 Å². The number of piperidine rings is 1. The highest BCUT2D eigenvalue weighted by Crippen LogP contribution is 2.26. The number of rotatable bonds is 4. The summed E-state index contributed by atoms with van der Waals surface area (Å²) in [6, 6.07) is 7.44. The van der Waals surface area contributed by atoms with Gasteiger partial charge in [0.25, 0.3) is 5.91 Å². The highest BCUT2D eigenvalue weighted by atomic mass is 35.5. The Morgan fingerprint density at radius 3 is 2.45 bits per heavy atom. The summed E-state index contributed by atoms with van der Waals surface area (Å²) in [4.78, 5) is 26.9. The number of aromatic nitrogens is 2. The van der Waals surface area contributed by atoms with Crippen molar-refractivity contribution in [3.63, 3.8) is 0 Å². The summed E-state index contributed by atoms with van der Waals surface area (Å²) >= 11 is 12.8. The van der Waals surface area contributed by atoms with Gasteiger partial charge in [0, 0.05) is 24.2 Å². The molecule has 0 atom stereocenters. The fraction of sp³-hybridized carbons (Fsp3) is 0.500. The molecular formula is C22H28Cl2N4O3. The maximum atomic E-state index is 13.1. The number of nitrogens with one attached hydrogen (secondary N) is 1. The molecule has 1 N–H and O–H groups in total. The van der Waals surface area contributed by atoms with Gasteiger partial charge >= 0.3 is 6.09 Å². The summed E-state index contributed by atoms with van der Waals surface area (Å²) in [7, 11) is 0. The molecule has 1 aromatic heterocycles. The molecular weight excluding hydrogens is 439 g/mol. The number of hydrogen-bond donors (Lipinski definition) is 1. The van der Waals surface area contributed by atoms with E-state index in [0.29, 0.717) is 53.9 Å². The highest BCUT2D eigenvalue weighted by molar-refractivity contribution is 6.33. The number of amides is 2. The Labute approximate surface area is 192 Å². The van der Waals surface area contributed by atoms with Crippen LogP contribution in [0, 0.1) is 6.92 Å². The molecule has 1 aliphatic rings. The Kier molecular flexibility index (Phi) is 7.17. The third-order valence-corrected chi connectivity index (χ3v) is 5.81. The van der Waals surface area contributed by atoms with E-state index >= 15 is 0 Å². The van der Waals surface area contributed by atoms with E-state index in [2.05, 4.69) is 10.4 Å². The number of hydrogen-bond acceptors (Lipinski definition) is 4. The molecule has 2 amide bonds. The molecule has 0 unspecified atom stereocenters. The number of halogens is 2. The number of nitrogens with zero attached hydrogens (tertiary/aromatic N) is 3. The van der Waals surface area contributed by atoms with Crippen molar-refractivity contribution in [2.24, 2.45) is 0 Å². The third kappa shape index (κ3) is 5.92. The van der Waals surface area contributed by atoms with Gasteiger partial charge in [-0.15, -0.1) is 0 Å². The molecule has 3 rings (SSSR count). The van der Waals surface area contributed by atoms with Crippen LogP contribution in [-0.4, -0.2) is 51.4 Å². The van der Waals surface area contributed by atoms with E-state index in [1.165, 1.54) is 0 Å². The van der Waals surface area contributed by atoms with Crippen LogP contribution in [0.4, 0.5) is 4.79 Å². The monoisotopic (exact) mass is 466 g/mol. The zero-order valence-electron chi connectivity index (χ0n) is 18.2. The summed E-state index contributed by atoms with van der Waals surface area (Å²) in [6.07, 6.45) is 0.863. The van der Waals surface area contributed by atoms with Gasteiger partial charge in [0.05, 0.1) is 17.8 Å². The lowest BCUT2D eigenvalue weighted by molar-refractivity contribution is 0.0473. The lowest BCUT2D eigenvalue weighted by atomic mass is 10.0. The lowest BCUT2D eigenvalue weighted by Gasteiger charge is -2.32. The normalized spacial score (nSPS) is 15.1. The van der Waals surface area contributed by atoms with Gasteiger partial charge in [0.1, 0.15) is 10.8 Å². The van der Waals surface area contributed by atoms with Crippen molar-refractivity contribution >= 4 is 35.2 Å². The molecule has 2 heterocycles. The highest BCUT2D eigenvalue weighted by Gasteiger charge is 2.30. The van der Waals surface area contributed by atoms with E-state index in [4.69, 9.17) is 27.9 Å². The number of carbonyl (C=O) groups excluding carboxylic acids is 2. The van der Waals surface area contributed by atoms with Crippen LogP contribution < -0.4 is 5.32 Å². The van der Waals surface area contributed by atoms with E-state index < -0.39 is 11.7 Å². The first-order chi connectivity index (χ1) is 14.5. The minimum Gasteiger partial charge on any atom is -0.444 e. The minimum atomic E-state index is -0.542. The quantitative estimate of drug-likeness (QED) is 0.709. The van der Waals surface area contributed by atoms with Crippen LogP contribution in [0.3, 0.4) is 0 Å². The molecule has 0 saturated carbocycles. The second-order valence-electron chi connectivity index (χ2n) is 8.71. The van der Waals surface area contributed by atoms with Crippen molar-refractivity contribution in [1.82, 2.24) is 20.0 Å². The van der Waals surface area contributed by atoms with E-state index in [1.54, 1.807) is 16.5 Å². The van der Waals surface area contributed by atoms with Crippen molar-refractivity contribution in [2.45, 2.75) is 58.7 Å². The van der Waals surface area contributed by atoms with E-state index in [9.17, 15) is 9.59 Å². The topological polar surface area (TPSA) is 76.5 Å². The Hall–Kier alpha value is -2.25. The maximum Gasteiger partial charge on any atom is 0.407 e. The average molecular weight is 467 g/mol. The van der Waals surface area contributed by atoms with Gasteiger partial charge in [-0.25, -0.2) is 9.48 Å². The van der Waals surface area contributed by atoms with Crippen LogP contribution in [0.25, 0.3) is 0 Å². The molecule has 7 nitrogen and oxygen atoms in total. The van der Waals surface area contributed by atoms with E-state index in [0.717, 1.165) is 5.56 Å². The predicted molar refractivity (Wildman–Crippen MR) is 121 cm³/mol. The van der Waals surface area contributed by atoms with Crippen molar-refractivity contribution in [2.75, 3.05) is 13.1 Å². The van der Waals surface area contributed by atoms with Gasteiger partial charge in [0.15, 0.2) is 0 Å². The lowest BCUT2D eigenvalue weighted by Crippen LogP contribution is -2.47. The van der Waals surface area contributed by atoms with Gasteiger partial charge in [-0.3, -0.25) is 4.79 Å². The molecule has 1 saturated heterocycles. The van der Waals surface area contributed by atoms with Gasteiger partial charge in [-0.05, 0) is 52.2 Å². The zero-order chi connectivity index (χ0) is 22.8. The molecule has 1 aromatic carbocycles. The molecule has 168 valence electrons. The number of likely N-dealkylation sites (tertiary alicyclic amines) is 1. The predicted octanol–water partition coefficient (Wildman–Crippen LogP) is 4.68. The maximum absolute atomic E-state index is 13.1. The largest absolute Gasteiger partial charge is 0.444 e. The number of benzene rings is 1. The van der Waals surface area contributed by atoms with Crippen LogP contribution >= 0.6 is 23.2 Å². The van der Waals surface area contributed by atoms with Gasteiger partial charge in [0.2, 0.25) is 0 Å². The van der Waals surface area contributed by atoms with E-state index in [1.807, 2.05) is 45.0 Å². The second-order valence-corrected chi connectivity index (χ2v) is 9.48. The van der Waals surface area contributed by atoms with Crippen LogP contribution in [-0.2, 0) is 11.3 Å². The first-order valence-electron chi connectivity index (χ1n) is 10.3. The molecule has 2 aromatic rings. The molecule has 1 aliphatic heterocycles. The first kappa shape index (κ1) is 23.4. The SMILES string of the molecule is Cc1nn(Cc2ccccc2Cl)c(Cl)c1C(=O)N1CCC(NC(=O)OC(C)(C)C)CC1. The molecule has 1 fully saturated rings. The second kappa shape index (κ2) is 9.49. The van der Waals surface area contributed by atoms with Crippen molar-refractivity contribution < 1.29 is 14.3 Å².